The lowest BCUT2D eigenvalue weighted by Crippen LogP contribution is -2.34. The molecule has 3 nitrogen and oxygen atoms in total. The monoisotopic (exact) mass is 238 g/mol. The van der Waals surface area contributed by atoms with E-state index in [1.165, 1.54) is 51.4 Å². The van der Waals surface area contributed by atoms with Crippen molar-refractivity contribution in [3.8, 4) is 0 Å². The minimum Gasteiger partial charge on any atom is -0.355 e. The summed E-state index contributed by atoms with van der Waals surface area (Å²) in [6, 6.07) is 0. The lowest BCUT2D eigenvalue weighted by atomic mass is 9.96. The average molecular weight is 238 g/mol. The first-order valence-corrected chi connectivity index (χ1v) is 7.21. The highest BCUT2D eigenvalue weighted by Crippen LogP contribution is 2.43. The van der Waals surface area contributed by atoms with Gasteiger partial charge in [0.05, 0.1) is 0 Å². The average Bonchev–Trinajstić information content (AvgIpc) is 3.12. The van der Waals surface area contributed by atoms with E-state index in [4.69, 9.17) is 5.73 Å². The molecule has 98 valence electrons. The minimum absolute atomic E-state index is 0.247. The van der Waals surface area contributed by atoms with Crippen molar-refractivity contribution in [3.05, 3.63) is 0 Å². The Kier molecular flexibility index (Phi) is 4.43. The summed E-state index contributed by atoms with van der Waals surface area (Å²) >= 11 is 0. The second-order valence-corrected chi connectivity index (χ2v) is 6.04. The van der Waals surface area contributed by atoms with Crippen LogP contribution in [0, 0.1) is 11.3 Å². The van der Waals surface area contributed by atoms with Crippen molar-refractivity contribution >= 4 is 5.91 Å². The van der Waals surface area contributed by atoms with Crippen LogP contribution in [0.5, 0.6) is 0 Å². The summed E-state index contributed by atoms with van der Waals surface area (Å²) in [6.45, 7) is 1.52. The van der Waals surface area contributed by atoms with Crippen molar-refractivity contribution in [2.75, 3.05) is 13.1 Å². The first-order valence-electron chi connectivity index (χ1n) is 7.21. The van der Waals surface area contributed by atoms with E-state index in [0.717, 1.165) is 19.5 Å². The number of carbonyl (C=O) groups excluding carboxylic acids is 1. The van der Waals surface area contributed by atoms with E-state index in [-0.39, 0.29) is 11.3 Å². The molecule has 2 aliphatic carbocycles. The van der Waals surface area contributed by atoms with Crippen molar-refractivity contribution < 1.29 is 4.79 Å². The van der Waals surface area contributed by atoms with Gasteiger partial charge < -0.3 is 11.1 Å². The van der Waals surface area contributed by atoms with Gasteiger partial charge in [-0.3, -0.25) is 4.79 Å². The number of amides is 1. The van der Waals surface area contributed by atoms with Crippen molar-refractivity contribution in [1.82, 2.24) is 5.32 Å². The van der Waals surface area contributed by atoms with Crippen LogP contribution in [-0.2, 0) is 4.79 Å². The van der Waals surface area contributed by atoms with Gasteiger partial charge >= 0.3 is 0 Å². The summed E-state index contributed by atoms with van der Waals surface area (Å²) in [7, 11) is 0. The molecule has 0 atom stereocenters. The van der Waals surface area contributed by atoms with E-state index in [9.17, 15) is 4.79 Å². The van der Waals surface area contributed by atoms with Gasteiger partial charge in [-0.25, -0.2) is 0 Å². The van der Waals surface area contributed by atoms with Crippen molar-refractivity contribution in [3.63, 3.8) is 0 Å². The Labute approximate surface area is 105 Å². The Bertz CT molecular complexity index is 253. The predicted molar refractivity (Wildman–Crippen MR) is 69.5 cm³/mol. The molecule has 0 aromatic heterocycles. The van der Waals surface area contributed by atoms with Crippen LogP contribution < -0.4 is 11.1 Å². The highest BCUT2D eigenvalue weighted by molar-refractivity contribution is 5.76. The second-order valence-electron chi connectivity index (χ2n) is 6.04. The maximum Gasteiger partial charge on any atom is 0.220 e. The minimum atomic E-state index is 0.247. The molecule has 0 unspecified atom stereocenters. The Morgan fingerprint density at radius 2 is 1.82 bits per heavy atom. The van der Waals surface area contributed by atoms with E-state index < -0.39 is 0 Å². The molecular formula is C14H26N2O. The summed E-state index contributed by atoms with van der Waals surface area (Å²) in [5.41, 5.74) is 5.97. The molecule has 2 fully saturated rings. The third kappa shape index (κ3) is 3.98. The molecule has 0 aromatic carbocycles. The Morgan fingerprint density at radius 3 is 2.35 bits per heavy atom. The Hall–Kier alpha value is -0.570. The zero-order valence-electron chi connectivity index (χ0n) is 10.8. The topological polar surface area (TPSA) is 55.1 Å². The quantitative estimate of drug-likeness (QED) is 0.721. The fourth-order valence-electron chi connectivity index (χ4n) is 2.82. The van der Waals surface area contributed by atoms with Crippen molar-refractivity contribution in [1.29, 1.82) is 0 Å². The molecule has 2 aliphatic rings. The SMILES string of the molecule is NCC1(CNC(=O)CC2CCCCCC2)CC1. The zero-order valence-corrected chi connectivity index (χ0v) is 10.8. The van der Waals surface area contributed by atoms with Gasteiger partial charge in [-0.1, -0.05) is 25.7 Å². The summed E-state index contributed by atoms with van der Waals surface area (Å²) in [5.74, 6) is 0.877. The van der Waals surface area contributed by atoms with Crippen LogP contribution in [0.4, 0.5) is 0 Å². The smallest absolute Gasteiger partial charge is 0.220 e. The number of carbonyl (C=O) groups is 1. The van der Waals surface area contributed by atoms with Gasteiger partial charge in [0.1, 0.15) is 0 Å². The van der Waals surface area contributed by atoms with Gasteiger partial charge in [0.25, 0.3) is 0 Å². The molecule has 0 spiro atoms. The largest absolute Gasteiger partial charge is 0.355 e. The van der Waals surface area contributed by atoms with Crippen LogP contribution in [0.2, 0.25) is 0 Å². The number of nitrogens with one attached hydrogen (secondary N) is 1. The van der Waals surface area contributed by atoms with Crippen LogP contribution in [0.1, 0.15) is 57.8 Å². The van der Waals surface area contributed by atoms with E-state index in [0.29, 0.717) is 5.92 Å². The van der Waals surface area contributed by atoms with Gasteiger partial charge in [0, 0.05) is 13.0 Å². The van der Waals surface area contributed by atoms with Crippen LogP contribution in [0.3, 0.4) is 0 Å². The van der Waals surface area contributed by atoms with E-state index in [2.05, 4.69) is 5.32 Å². The fraction of sp³-hybridized carbons (Fsp3) is 0.929. The van der Waals surface area contributed by atoms with Crippen molar-refractivity contribution in [2.45, 2.75) is 57.8 Å². The molecule has 0 saturated heterocycles. The van der Waals surface area contributed by atoms with E-state index in [1.54, 1.807) is 0 Å². The maximum absolute atomic E-state index is 11.9. The second kappa shape index (κ2) is 5.85. The third-order valence-electron chi connectivity index (χ3n) is 4.50. The zero-order chi connectivity index (χ0) is 12.1. The standard InChI is InChI=1S/C14H26N2O/c15-10-14(7-8-14)11-16-13(17)9-12-5-3-1-2-4-6-12/h12H,1-11,15H2,(H,16,17). The fourth-order valence-corrected chi connectivity index (χ4v) is 2.82. The first kappa shape index (κ1) is 12.9. The molecule has 17 heavy (non-hydrogen) atoms. The van der Waals surface area contributed by atoms with Gasteiger partial charge in [0.2, 0.25) is 5.91 Å². The molecule has 0 radical (unpaired) electrons. The number of hydrogen-bond donors (Lipinski definition) is 2. The highest BCUT2D eigenvalue weighted by Gasteiger charge is 2.41. The number of rotatable bonds is 5. The molecule has 0 aromatic rings. The van der Waals surface area contributed by atoms with Crippen LogP contribution >= 0.6 is 0 Å². The van der Waals surface area contributed by atoms with Crippen LogP contribution in [0.25, 0.3) is 0 Å². The number of hydrogen-bond acceptors (Lipinski definition) is 2. The van der Waals surface area contributed by atoms with E-state index in [1.807, 2.05) is 0 Å². The normalized spacial score (nSPS) is 24.1. The van der Waals surface area contributed by atoms with Gasteiger partial charge in [-0.15, -0.1) is 0 Å². The number of nitrogens with two attached hydrogens (primary N) is 1. The maximum atomic E-state index is 11.9. The summed E-state index contributed by atoms with van der Waals surface area (Å²) in [5, 5.41) is 3.09. The molecule has 2 saturated carbocycles. The molecule has 1 amide bonds. The van der Waals surface area contributed by atoms with E-state index >= 15 is 0 Å². The molecule has 0 bridgehead atoms. The Balaban J connectivity index is 1.65. The van der Waals surface area contributed by atoms with Gasteiger partial charge in [-0.05, 0) is 43.6 Å². The highest BCUT2D eigenvalue weighted by atomic mass is 16.1. The molecule has 2 rings (SSSR count). The summed E-state index contributed by atoms with van der Waals surface area (Å²) in [4.78, 5) is 11.9. The molecular weight excluding hydrogens is 212 g/mol. The molecule has 0 heterocycles. The van der Waals surface area contributed by atoms with Crippen LogP contribution in [-0.4, -0.2) is 19.0 Å². The molecule has 3 N–H and O–H groups in total. The molecule has 0 aliphatic heterocycles. The van der Waals surface area contributed by atoms with Gasteiger partial charge in [0.15, 0.2) is 0 Å². The van der Waals surface area contributed by atoms with Crippen molar-refractivity contribution in [2.24, 2.45) is 17.1 Å². The third-order valence-corrected chi connectivity index (χ3v) is 4.50. The summed E-state index contributed by atoms with van der Waals surface area (Å²) < 4.78 is 0. The lowest BCUT2D eigenvalue weighted by molar-refractivity contribution is -0.122. The van der Waals surface area contributed by atoms with Gasteiger partial charge in [-0.2, -0.15) is 0 Å². The predicted octanol–water partition coefficient (Wildman–Crippen LogP) is 2.20. The Morgan fingerprint density at radius 1 is 1.18 bits per heavy atom. The summed E-state index contributed by atoms with van der Waals surface area (Å²) in [6.07, 6.45) is 10.9. The van der Waals surface area contributed by atoms with Crippen LogP contribution in [0.15, 0.2) is 0 Å². The lowest BCUT2D eigenvalue weighted by Gasteiger charge is -2.16. The first-order chi connectivity index (χ1) is 8.24. The molecule has 3 heteroatoms.